The fourth-order valence-corrected chi connectivity index (χ4v) is 2.08. The highest BCUT2D eigenvalue weighted by Gasteiger charge is 2.22. The van der Waals surface area contributed by atoms with Crippen LogP contribution < -0.4 is 5.32 Å². The molecule has 1 atom stereocenters. The van der Waals surface area contributed by atoms with Crippen molar-refractivity contribution < 1.29 is 4.79 Å². The smallest absolute Gasteiger partial charge is 0.239 e. The number of nitrogens with one attached hydrogen (secondary N) is 1. The molecule has 1 fully saturated rings. The molecule has 1 unspecified atom stereocenters. The average Bonchev–Trinajstić information content (AvgIpc) is 2.45. The summed E-state index contributed by atoms with van der Waals surface area (Å²) in [6.07, 6.45) is 1.06. The fourth-order valence-electron chi connectivity index (χ4n) is 2.08. The molecule has 94 valence electrons. The van der Waals surface area contributed by atoms with Crippen LogP contribution >= 0.6 is 0 Å². The van der Waals surface area contributed by atoms with E-state index in [9.17, 15) is 4.79 Å². The minimum atomic E-state index is -0.0146. The summed E-state index contributed by atoms with van der Waals surface area (Å²) in [7, 11) is 0. The monoisotopic (exact) mass is 227 g/mol. The van der Waals surface area contributed by atoms with Gasteiger partial charge in [-0.15, -0.1) is 0 Å². The van der Waals surface area contributed by atoms with Crippen LogP contribution in [0.4, 0.5) is 0 Å². The van der Waals surface area contributed by atoms with Gasteiger partial charge in [0.25, 0.3) is 0 Å². The van der Waals surface area contributed by atoms with E-state index in [1.54, 1.807) is 0 Å². The van der Waals surface area contributed by atoms with Crippen molar-refractivity contribution in [1.82, 2.24) is 15.1 Å². The van der Waals surface area contributed by atoms with Crippen LogP contribution in [0.3, 0.4) is 0 Å². The van der Waals surface area contributed by atoms with Crippen molar-refractivity contribution in [3.05, 3.63) is 0 Å². The first-order chi connectivity index (χ1) is 7.69. The predicted molar refractivity (Wildman–Crippen MR) is 66.4 cm³/mol. The number of nitrogens with zero attached hydrogens (tertiary/aromatic N) is 2. The molecule has 4 heteroatoms. The molecular formula is C12H25N3O. The van der Waals surface area contributed by atoms with Gasteiger partial charge in [0.15, 0.2) is 0 Å². The fraction of sp³-hybridized carbons (Fsp3) is 0.917. The Hall–Kier alpha value is -0.610. The van der Waals surface area contributed by atoms with E-state index >= 15 is 0 Å². The van der Waals surface area contributed by atoms with Crippen molar-refractivity contribution in [3.63, 3.8) is 0 Å². The summed E-state index contributed by atoms with van der Waals surface area (Å²) in [4.78, 5) is 16.3. The number of carbonyl (C=O) groups is 1. The standard InChI is InChI=1S/C12H25N3O/c1-4-14(5-2)9-10-15-8-6-7-13-11(3)12(15)16/h11,13H,4-10H2,1-3H3. The van der Waals surface area contributed by atoms with Gasteiger partial charge in [-0.05, 0) is 33.0 Å². The van der Waals surface area contributed by atoms with Gasteiger partial charge >= 0.3 is 0 Å². The summed E-state index contributed by atoms with van der Waals surface area (Å²) in [5.74, 6) is 0.254. The Morgan fingerprint density at radius 1 is 1.44 bits per heavy atom. The normalized spacial score (nSPS) is 22.6. The minimum Gasteiger partial charge on any atom is -0.340 e. The van der Waals surface area contributed by atoms with E-state index in [-0.39, 0.29) is 11.9 Å². The third kappa shape index (κ3) is 3.76. The van der Waals surface area contributed by atoms with Crippen LogP contribution in [-0.2, 0) is 4.79 Å². The largest absolute Gasteiger partial charge is 0.340 e. The van der Waals surface area contributed by atoms with Gasteiger partial charge in [-0.25, -0.2) is 0 Å². The first kappa shape index (κ1) is 13.5. The van der Waals surface area contributed by atoms with Gasteiger partial charge in [-0.2, -0.15) is 0 Å². The number of amides is 1. The molecular weight excluding hydrogens is 202 g/mol. The number of hydrogen-bond acceptors (Lipinski definition) is 3. The van der Waals surface area contributed by atoms with Crippen LogP contribution in [0.2, 0.25) is 0 Å². The summed E-state index contributed by atoms with van der Waals surface area (Å²) in [6.45, 7) is 12.1. The first-order valence-electron chi connectivity index (χ1n) is 6.43. The zero-order valence-electron chi connectivity index (χ0n) is 10.8. The second kappa shape index (κ2) is 6.86. The Kier molecular flexibility index (Phi) is 5.77. The van der Waals surface area contributed by atoms with Gasteiger partial charge in [-0.3, -0.25) is 4.79 Å². The molecule has 1 rings (SSSR count). The van der Waals surface area contributed by atoms with E-state index in [0.717, 1.165) is 45.7 Å². The highest BCUT2D eigenvalue weighted by atomic mass is 16.2. The van der Waals surface area contributed by atoms with Crippen molar-refractivity contribution in [2.75, 3.05) is 39.3 Å². The second-order valence-corrected chi connectivity index (χ2v) is 4.38. The Balaban J connectivity index is 2.41. The number of likely N-dealkylation sites (N-methyl/N-ethyl adjacent to an activating group) is 1. The second-order valence-electron chi connectivity index (χ2n) is 4.38. The molecule has 1 amide bonds. The third-order valence-corrected chi connectivity index (χ3v) is 3.32. The maximum absolute atomic E-state index is 12.0. The van der Waals surface area contributed by atoms with Crippen molar-refractivity contribution in [2.24, 2.45) is 0 Å². The van der Waals surface area contributed by atoms with E-state index in [1.807, 2.05) is 11.8 Å². The molecule has 0 aliphatic carbocycles. The summed E-state index contributed by atoms with van der Waals surface area (Å²) >= 11 is 0. The molecule has 1 saturated heterocycles. The van der Waals surface area contributed by atoms with E-state index in [0.29, 0.717) is 0 Å². The quantitative estimate of drug-likeness (QED) is 0.744. The van der Waals surface area contributed by atoms with Gasteiger partial charge in [0.05, 0.1) is 6.04 Å². The third-order valence-electron chi connectivity index (χ3n) is 3.32. The van der Waals surface area contributed by atoms with Gasteiger partial charge < -0.3 is 15.1 Å². The topological polar surface area (TPSA) is 35.6 Å². The highest BCUT2D eigenvalue weighted by molar-refractivity contribution is 5.81. The van der Waals surface area contributed by atoms with Crippen LogP contribution in [0.25, 0.3) is 0 Å². The van der Waals surface area contributed by atoms with Crippen molar-refractivity contribution >= 4 is 5.91 Å². The number of rotatable bonds is 5. The van der Waals surface area contributed by atoms with E-state index in [4.69, 9.17) is 0 Å². The van der Waals surface area contributed by atoms with Crippen LogP contribution in [-0.4, -0.2) is 61.0 Å². The highest BCUT2D eigenvalue weighted by Crippen LogP contribution is 2.02. The lowest BCUT2D eigenvalue weighted by Crippen LogP contribution is -2.44. The molecule has 0 radical (unpaired) electrons. The molecule has 1 aliphatic heterocycles. The van der Waals surface area contributed by atoms with Crippen LogP contribution in [0.5, 0.6) is 0 Å². The van der Waals surface area contributed by atoms with Crippen LogP contribution in [0.1, 0.15) is 27.2 Å². The SMILES string of the molecule is CCN(CC)CCN1CCCNC(C)C1=O. The molecule has 16 heavy (non-hydrogen) atoms. The van der Waals surface area contributed by atoms with Crippen molar-refractivity contribution in [2.45, 2.75) is 33.2 Å². The molecule has 0 aromatic carbocycles. The van der Waals surface area contributed by atoms with E-state index in [1.165, 1.54) is 0 Å². The Morgan fingerprint density at radius 3 is 2.75 bits per heavy atom. The Morgan fingerprint density at radius 2 is 2.12 bits per heavy atom. The maximum Gasteiger partial charge on any atom is 0.239 e. The predicted octanol–water partition coefficient (Wildman–Crippen LogP) is 0.539. The summed E-state index contributed by atoms with van der Waals surface area (Å²) < 4.78 is 0. The van der Waals surface area contributed by atoms with Crippen LogP contribution in [0.15, 0.2) is 0 Å². The first-order valence-corrected chi connectivity index (χ1v) is 6.43. The molecule has 0 aromatic heterocycles. The Bertz CT molecular complexity index is 216. The summed E-state index contributed by atoms with van der Waals surface area (Å²) in [5.41, 5.74) is 0. The molecule has 0 bridgehead atoms. The molecule has 0 saturated carbocycles. The van der Waals surface area contributed by atoms with Crippen molar-refractivity contribution in [1.29, 1.82) is 0 Å². The number of carbonyl (C=O) groups excluding carboxylic acids is 1. The lowest BCUT2D eigenvalue weighted by Gasteiger charge is -2.26. The lowest BCUT2D eigenvalue weighted by molar-refractivity contribution is -0.132. The average molecular weight is 227 g/mol. The minimum absolute atomic E-state index is 0.0146. The van der Waals surface area contributed by atoms with E-state index in [2.05, 4.69) is 24.1 Å². The van der Waals surface area contributed by atoms with Gasteiger partial charge in [-0.1, -0.05) is 13.8 Å². The summed E-state index contributed by atoms with van der Waals surface area (Å²) in [6, 6.07) is -0.0146. The summed E-state index contributed by atoms with van der Waals surface area (Å²) in [5, 5.41) is 3.24. The zero-order valence-corrected chi connectivity index (χ0v) is 10.8. The number of hydrogen-bond donors (Lipinski definition) is 1. The molecule has 1 aliphatic rings. The zero-order chi connectivity index (χ0) is 12.0. The van der Waals surface area contributed by atoms with E-state index < -0.39 is 0 Å². The van der Waals surface area contributed by atoms with Gasteiger partial charge in [0.2, 0.25) is 5.91 Å². The Labute approximate surface area is 99.0 Å². The molecule has 0 spiro atoms. The maximum atomic E-state index is 12.0. The molecule has 1 N–H and O–H groups in total. The van der Waals surface area contributed by atoms with Gasteiger partial charge in [0.1, 0.15) is 0 Å². The van der Waals surface area contributed by atoms with Gasteiger partial charge in [0, 0.05) is 19.6 Å². The van der Waals surface area contributed by atoms with Crippen LogP contribution in [0, 0.1) is 0 Å². The molecule has 0 aromatic rings. The lowest BCUT2D eigenvalue weighted by atomic mass is 10.3. The molecule has 4 nitrogen and oxygen atoms in total. The van der Waals surface area contributed by atoms with Crippen molar-refractivity contribution in [3.8, 4) is 0 Å². The molecule has 1 heterocycles.